The van der Waals surface area contributed by atoms with Crippen LogP contribution in [0.3, 0.4) is 0 Å². The summed E-state index contributed by atoms with van der Waals surface area (Å²) in [5, 5.41) is 0. The van der Waals surface area contributed by atoms with Gasteiger partial charge in [0.15, 0.2) is 0 Å². The Hall–Kier alpha value is 0.217. The molecule has 60 valence electrons. The van der Waals surface area contributed by atoms with Gasteiger partial charge in [0.05, 0.1) is 0 Å². The molecule has 0 amide bonds. The molecule has 0 bridgehead atoms. The van der Waals surface area contributed by atoms with Crippen LogP contribution in [0.2, 0.25) is 11.6 Å². The predicted molar refractivity (Wildman–Crippen MR) is 50.4 cm³/mol. The van der Waals surface area contributed by atoms with Crippen LogP contribution >= 0.6 is 0 Å². The summed E-state index contributed by atoms with van der Waals surface area (Å²) in [6.07, 6.45) is 6.24. The van der Waals surface area contributed by atoms with E-state index in [0.717, 1.165) is 5.92 Å². The number of hydrogen-bond donors (Lipinski definition) is 0. The average Bonchev–Trinajstić information content (AvgIpc) is 2.34. The lowest BCUT2D eigenvalue weighted by Crippen LogP contribution is -2.01. The van der Waals surface area contributed by atoms with E-state index in [4.69, 9.17) is 0 Å². The topological polar surface area (TPSA) is 0 Å². The second-order valence-corrected chi connectivity index (χ2v) is 6.43. The highest BCUT2D eigenvalue weighted by atomic mass is 28.2. The molecule has 0 spiro atoms. The van der Waals surface area contributed by atoms with E-state index in [1.54, 1.807) is 18.9 Å². The Kier molecular flexibility index (Phi) is 3.47. The molecule has 0 heterocycles. The summed E-state index contributed by atoms with van der Waals surface area (Å²) in [5.41, 5.74) is 1.24. The van der Waals surface area contributed by atoms with Crippen molar-refractivity contribution < 1.29 is 0 Å². The Balaban J connectivity index is 2.01. The molecule has 0 N–H and O–H groups in total. The molecule has 0 nitrogen and oxygen atoms in total. The Morgan fingerprint density at radius 1 is 1.30 bits per heavy atom. The van der Waals surface area contributed by atoms with Gasteiger partial charge in [0.2, 0.25) is 0 Å². The summed E-state index contributed by atoms with van der Waals surface area (Å²) >= 11 is 0. The number of hydrogen-bond acceptors (Lipinski definition) is 0. The van der Waals surface area contributed by atoms with Crippen molar-refractivity contribution in [2.75, 3.05) is 0 Å². The van der Waals surface area contributed by atoms with Crippen LogP contribution in [0.15, 0.2) is 0 Å². The van der Waals surface area contributed by atoms with Crippen molar-refractivity contribution in [3.8, 4) is 0 Å². The van der Waals surface area contributed by atoms with Crippen LogP contribution in [-0.2, 0) is 0 Å². The fraction of sp³-hybridized carbons (Fsp3) is 1.00. The molecule has 0 aliphatic heterocycles. The van der Waals surface area contributed by atoms with E-state index < -0.39 is 0 Å². The lowest BCUT2D eigenvalue weighted by molar-refractivity contribution is 0.717. The van der Waals surface area contributed by atoms with Crippen molar-refractivity contribution in [3.63, 3.8) is 0 Å². The summed E-state index contributed by atoms with van der Waals surface area (Å²) in [5.74, 6) is 0.979. The summed E-state index contributed by atoms with van der Waals surface area (Å²) in [4.78, 5) is 0. The maximum absolute atomic E-state index is 2.36. The first-order chi connectivity index (χ1) is 4.79. The first-order valence-electron chi connectivity index (χ1n) is 4.79. The van der Waals surface area contributed by atoms with Gasteiger partial charge in [-0.3, -0.25) is 0 Å². The molecule has 1 heteroatoms. The first kappa shape index (κ1) is 8.31. The van der Waals surface area contributed by atoms with Gasteiger partial charge in [-0.25, -0.2) is 0 Å². The smallest absolute Gasteiger partial charge is 0.0234 e. The minimum atomic E-state index is 0.340. The standard InChI is InChI=1S/C9H20Si/c1-8(2)7-10-9-5-3-4-6-9/h8-9H,3-7,10H2,1-2H3. The molecule has 0 radical (unpaired) electrons. The zero-order chi connectivity index (χ0) is 7.40. The van der Waals surface area contributed by atoms with Gasteiger partial charge in [-0.1, -0.05) is 51.1 Å². The third-order valence-corrected chi connectivity index (χ3v) is 5.75. The van der Waals surface area contributed by atoms with E-state index in [1.165, 1.54) is 18.4 Å². The quantitative estimate of drug-likeness (QED) is 0.551. The molecule has 0 aromatic rings. The van der Waals surface area contributed by atoms with Gasteiger partial charge < -0.3 is 0 Å². The first-order valence-corrected chi connectivity index (χ1v) is 6.60. The van der Waals surface area contributed by atoms with Gasteiger partial charge in [-0.2, -0.15) is 0 Å². The maximum Gasteiger partial charge on any atom is 0.0234 e. The lowest BCUT2D eigenvalue weighted by atomic mass is 10.3. The van der Waals surface area contributed by atoms with Gasteiger partial charge in [0.1, 0.15) is 0 Å². The normalized spacial score (nSPS) is 21.9. The third kappa shape index (κ3) is 2.87. The number of rotatable bonds is 3. The van der Waals surface area contributed by atoms with Crippen molar-refractivity contribution >= 4 is 9.52 Å². The molecule has 0 atom stereocenters. The molecule has 10 heavy (non-hydrogen) atoms. The molecule has 0 saturated heterocycles. The van der Waals surface area contributed by atoms with E-state index in [2.05, 4.69) is 13.8 Å². The van der Waals surface area contributed by atoms with E-state index >= 15 is 0 Å². The van der Waals surface area contributed by atoms with E-state index in [0.29, 0.717) is 9.52 Å². The Morgan fingerprint density at radius 2 is 1.90 bits per heavy atom. The predicted octanol–water partition coefficient (Wildman–Crippen LogP) is 2.59. The largest absolute Gasteiger partial charge is 0.0631 e. The highest BCUT2D eigenvalue weighted by molar-refractivity contribution is 6.37. The molecule has 0 unspecified atom stereocenters. The van der Waals surface area contributed by atoms with Crippen LogP contribution in [0.1, 0.15) is 39.5 Å². The van der Waals surface area contributed by atoms with Gasteiger partial charge in [-0.15, -0.1) is 0 Å². The molecule has 1 fully saturated rings. The van der Waals surface area contributed by atoms with Gasteiger partial charge >= 0.3 is 0 Å². The summed E-state index contributed by atoms with van der Waals surface area (Å²) in [6, 6.07) is 1.59. The summed E-state index contributed by atoms with van der Waals surface area (Å²) in [7, 11) is 0.340. The molecule has 1 saturated carbocycles. The second kappa shape index (κ2) is 4.17. The lowest BCUT2D eigenvalue weighted by Gasteiger charge is -2.08. The van der Waals surface area contributed by atoms with Crippen LogP contribution in [0.5, 0.6) is 0 Å². The van der Waals surface area contributed by atoms with Crippen LogP contribution in [-0.4, -0.2) is 9.52 Å². The molecule has 1 rings (SSSR count). The van der Waals surface area contributed by atoms with Crippen LogP contribution in [0.4, 0.5) is 0 Å². The zero-order valence-electron chi connectivity index (χ0n) is 7.40. The summed E-state index contributed by atoms with van der Waals surface area (Å²) < 4.78 is 0. The molecule has 0 aromatic heterocycles. The molecule has 1 aliphatic rings. The van der Waals surface area contributed by atoms with Crippen LogP contribution in [0, 0.1) is 5.92 Å². The zero-order valence-corrected chi connectivity index (χ0v) is 8.81. The van der Waals surface area contributed by atoms with Crippen LogP contribution in [0.25, 0.3) is 0 Å². The highest BCUT2D eigenvalue weighted by Gasteiger charge is 2.14. The fourth-order valence-corrected chi connectivity index (χ4v) is 4.16. The fourth-order valence-electron chi connectivity index (χ4n) is 1.87. The highest BCUT2D eigenvalue weighted by Crippen LogP contribution is 2.30. The molecule has 0 aromatic carbocycles. The second-order valence-electron chi connectivity index (χ2n) is 4.12. The minimum absolute atomic E-state index is 0.340. The maximum atomic E-state index is 2.36. The SMILES string of the molecule is CC(C)C[SiH2]C1CCCC1. The van der Waals surface area contributed by atoms with Crippen molar-refractivity contribution in [3.05, 3.63) is 0 Å². The van der Waals surface area contributed by atoms with E-state index in [-0.39, 0.29) is 0 Å². The monoisotopic (exact) mass is 156 g/mol. The third-order valence-electron chi connectivity index (χ3n) is 2.63. The van der Waals surface area contributed by atoms with Gasteiger partial charge in [-0.05, 0) is 5.92 Å². The Morgan fingerprint density at radius 3 is 2.40 bits per heavy atom. The summed E-state index contributed by atoms with van der Waals surface area (Å²) in [6.45, 7) is 4.73. The minimum Gasteiger partial charge on any atom is -0.0631 e. The van der Waals surface area contributed by atoms with Crippen molar-refractivity contribution in [2.45, 2.75) is 51.1 Å². The van der Waals surface area contributed by atoms with Gasteiger partial charge in [0.25, 0.3) is 0 Å². The Bertz CT molecular complexity index is 82.7. The molecule has 1 aliphatic carbocycles. The van der Waals surface area contributed by atoms with E-state index in [9.17, 15) is 0 Å². The van der Waals surface area contributed by atoms with Crippen molar-refractivity contribution in [1.29, 1.82) is 0 Å². The molecular weight excluding hydrogens is 136 g/mol. The average molecular weight is 156 g/mol. The van der Waals surface area contributed by atoms with Crippen molar-refractivity contribution in [1.82, 2.24) is 0 Å². The van der Waals surface area contributed by atoms with Crippen molar-refractivity contribution in [2.24, 2.45) is 5.92 Å². The van der Waals surface area contributed by atoms with Gasteiger partial charge in [0, 0.05) is 9.52 Å². The van der Waals surface area contributed by atoms with Crippen LogP contribution < -0.4 is 0 Å². The van der Waals surface area contributed by atoms with E-state index in [1.807, 2.05) is 0 Å². The molecular formula is C9H20Si. The Labute approximate surface area is 67.2 Å².